The van der Waals surface area contributed by atoms with Crippen molar-refractivity contribution in [3.8, 4) is 0 Å². The number of amides is 1. The van der Waals surface area contributed by atoms with Crippen LogP contribution < -0.4 is 9.62 Å². The quantitative estimate of drug-likeness (QED) is 0.847. The Kier molecular flexibility index (Phi) is 4.90. The molecule has 0 fully saturated rings. The Morgan fingerprint density at radius 3 is 2.78 bits per heavy atom. The Hall–Kier alpha value is -1.99. The van der Waals surface area contributed by atoms with Gasteiger partial charge in [0, 0.05) is 24.1 Å². The molecule has 4 rings (SSSR count). The highest BCUT2D eigenvalue weighted by atomic mass is 32.2. The molecule has 0 radical (unpaired) electrons. The summed E-state index contributed by atoms with van der Waals surface area (Å²) in [6, 6.07) is 10.8. The van der Waals surface area contributed by atoms with Gasteiger partial charge in [0.15, 0.2) is 0 Å². The van der Waals surface area contributed by atoms with Crippen LogP contribution in [0.5, 0.6) is 0 Å². The maximum Gasteiger partial charge on any atom is 0.261 e. The molecule has 5 nitrogen and oxygen atoms in total. The van der Waals surface area contributed by atoms with Gasteiger partial charge in [-0.1, -0.05) is 12.1 Å². The topological polar surface area (TPSA) is 66.5 Å². The van der Waals surface area contributed by atoms with Crippen molar-refractivity contribution in [3.63, 3.8) is 0 Å². The van der Waals surface area contributed by atoms with Crippen molar-refractivity contribution in [1.82, 2.24) is 0 Å². The van der Waals surface area contributed by atoms with Gasteiger partial charge < -0.3 is 4.90 Å². The zero-order valence-corrected chi connectivity index (χ0v) is 16.8. The van der Waals surface area contributed by atoms with E-state index in [1.807, 2.05) is 12.1 Å². The Bertz CT molecular complexity index is 1000. The molecule has 1 heterocycles. The second-order valence-corrected chi connectivity index (χ2v) is 9.72. The highest BCUT2D eigenvalue weighted by molar-refractivity contribution is 7.99. The first-order chi connectivity index (χ1) is 13.0. The fourth-order valence-corrected chi connectivity index (χ4v) is 5.86. The van der Waals surface area contributed by atoms with E-state index >= 15 is 0 Å². The molecule has 2 aromatic rings. The van der Waals surface area contributed by atoms with Crippen molar-refractivity contribution in [1.29, 1.82) is 0 Å². The Morgan fingerprint density at radius 1 is 1.15 bits per heavy atom. The maximum absolute atomic E-state index is 13.0. The number of anilines is 2. The van der Waals surface area contributed by atoms with Gasteiger partial charge >= 0.3 is 0 Å². The summed E-state index contributed by atoms with van der Waals surface area (Å²) >= 11 is 1.64. The fraction of sp³-hybridized carbons (Fsp3) is 0.350. The number of thioether (sulfide) groups is 1. The highest BCUT2D eigenvalue weighted by Gasteiger charge is 2.25. The van der Waals surface area contributed by atoms with Gasteiger partial charge in [-0.05, 0) is 61.1 Å². The minimum atomic E-state index is -3.73. The van der Waals surface area contributed by atoms with Gasteiger partial charge in [-0.25, -0.2) is 8.42 Å². The molecule has 1 amide bonds. The molecule has 142 valence electrons. The molecular formula is C20H22N2O3S2. The number of hydrogen-bond acceptors (Lipinski definition) is 4. The zero-order valence-electron chi connectivity index (χ0n) is 15.2. The highest BCUT2D eigenvalue weighted by Crippen LogP contribution is 2.37. The minimum absolute atomic E-state index is 0.0730. The third-order valence-corrected chi connectivity index (χ3v) is 7.53. The molecule has 2 aliphatic rings. The molecular weight excluding hydrogens is 380 g/mol. The van der Waals surface area contributed by atoms with Crippen LogP contribution in [0, 0.1) is 0 Å². The minimum Gasteiger partial charge on any atom is -0.311 e. The van der Waals surface area contributed by atoms with Crippen LogP contribution in [0.1, 0.15) is 30.9 Å². The lowest BCUT2D eigenvalue weighted by molar-refractivity contribution is -0.116. The summed E-state index contributed by atoms with van der Waals surface area (Å²) in [5, 5.41) is 0. The number of carbonyl (C=O) groups excluding carboxylic acids is 1. The van der Waals surface area contributed by atoms with E-state index in [4.69, 9.17) is 0 Å². The number of carbonyl (C=O) groups is 1. The van der Waals surface area contributed by atoms with Crippen LogP contribution in [0.15, 0.2) is 46.2 Å². The standard InChI is InChI=1S/C20H22N2O3S2/c1-14(23)22-11-12-26-20-10-9-16(13-19(20)22)27(24,25)21-18-8-4-6-15-5-2-3-7-17(15)18/h4,6,8-10,13,21H,2-3,5,7,11-12H2,1H3. The van der Waals surface area contributed by atoms with E-state index < -0.39 is 10.0 Å². The van der Waals surface area contributed by atoms with Crippen molar-refractivity contribution in [2.24, 2.45) is 0 Å². The number of nitrogens with zero attached hydrogens (tertiary/aromatic N) is 1. The largest absolute Gasteiger partial charge is 0.311 e. The first kappa shape index (κ1) is 18.4. The van der Waals surface area contributed by atoms with E-state index in [0.29, 0.717) is 17.9 Å². The third-order valence-electron chi connectivity index (χ3n) is 5.12. The van der Waals surface area contributed by atoms with Gasteiger partial charge in [-0.15, -0.1) is 11.8 Å². The van der Waals surface area contributed by atoms with Crippen LogP contribution in [0.4, 0.5) is 11.4 Å². The van der Waals surface area contributed by atoms with Crippen LogP contribution in [0.2, 0.25) is 0 Å². The predicted molar refractivity (Wildman–Crippen MR) is 109 cm³/mol. The SMILES string of the molecule is CC(=O)N1CCSc2ccc(S(=O)(=O)Nc3cccc4c3CCCC4)cc21. The van der Waals surface area contributed by atoms with E-state index in [1.54, 1.807) is 34.9 Å². The zero-order chi connectivity index (χ0) is 19.0. The third kappa shape index (κ3) is 3.58. The average molecular weight is 403 g/mol. The van der Waals surface area contributed by atoms with Crippen LogP contribution in [0.25, 0.3) is 0 Å². The van der Waals surface area contributed by atoms with Crippen molar-refractivity contribution < 1.29 is 13.2 Å². The molecule has 0 spiro atoms. The Balaban J connectivity index is 1.69. The maximum atomic E-state index is 13.0. The molecule has 27 heavy (non-hydrogen) atoms. The molecule has 7 heteroatoms. The number of benzene rings is 2. The van der Waals surface area contributed by atoms with Gasteiger partial charge in [0.05, 0.1) is 16.3 Å². The second kappa shape index (κ2) is 7.20. The van der Waals surface area contributed by atoms with Crippen LogP contribution in [-0.4, -0.2) is 26.6 Å². The fourth-order valence-electron chi connectivity index (χ4n) is 3.77. The number of fused-ring (bicyclic) bond motifs is 2. The van der Waals surface area contributed by atoms with Gasteiger partial charge in [0.1, 0.15) is 0 Å². The number of rotatable bonds is 3. The molecule has 2 aromatic carbocycles. The molecule has 1 N–H and O–H groups in total. The average Bonchev–Trinajstić information content (AvgIpc) is 2.67. The molecule has 0 aromatic heterocycles. The molecule has 0 saturated heterocycles. The van der Waals surface area contributed by atoms with Crippen molar-refractivity contribution >= 4 is 39.1 Å². The van der Waals surface area contributed by atoms with Gasteiger partial charge in [-0.3, -0.25) is 9.52 Å². The van der Waals surface area contributed by atoms with Crippen LogP contribution in [0.3, 0.4) is 0 Å². The number of nitrogens with one attached hydrogen (secondary N) is 1. The summed E-state index contributed by atoms with van der Waals surface area (Å²) < 4.78 is 28.8. The van der Waals surface area contributed by atoms with E-state index in [9.17, 15) is 13.2 Å². The van der Waals surface area contributed by atoms with E-state index in [2.05, 4.69) is 10.8 Å². The van der Waals surface area contributed by atoms with E-state index in [1.165, 1.54) is 12.5 Å². The summed E-state index contributed by atoms with van der Waals surface area (Å²) in [5.41, 5.74) is 3.68. The number of sulfonamides is 1. The lowest BCUT2D eigenvalue weighted by atomic mass is 9.91. The summed E-state index contributed by atoms with van der Waals surface area (Å²) in [6.07, 6.45) is 4.11. The predicted octanol–water partition coefficient (Wildman–Crippen LogP) is 3.82. The molecule has 1 aliphatic carbocycles. The summed E-state index contributed by atoms with van der Waals surface area (Å²) in [7, 11) is -3.73. The van der Waals surface area contributed by atoms with Crippen LogP contribution in [-0.2, 0) is 27.7 Å². The molecule has 0 bridgehead atoms. The summed E-state index contributed by atoms with van der Waals surface area (Å²) in [5.74, 6) is 0.740. The number of aryl methyl sites for hydroxylation is 1. The van der Waals surface area contributed by atoms with E-state index in [-0.39, 0.29) is 10.8 Å². The monoisotopic (exact) mass is 402 g/mol. The van der Waals surface area contributed by atoms with Crippen LogP contribution >= 0.6 is 11.8 Å². The smallest absolute Gasteiger partial charge is 0.261 e. The first-order valence-electron chi connectivity index (χ1n) is 9.14. The molecule has 0 unspecified atom stereocenters. The summed E-state index contributed by atoms with van der Waals surface area (Å²) in [6.45, 7) is 2.10. The molecule has 0 atom stereocenters. The number of hydrogen-bond donors (Lipinski definition) is 1. The molecule has 1 aliphatic heterocycles. The van der Waals surface area contributed by atoms with E-state index in [0.717, 1.165) is 41.9 Å². The van der Waals surface area contributed by atoms with Gasteiger partial charge in [0.25, 0.3) is 10.0 Å². The normalized spacial score (nSPS) is 16.4. The van der Waals surface area contributed by atoms with Crippen molar-refractivity contribution in [3.05, 3.63) is 47.5 Å². The first-order valence-corrected chi connectivity index (χ1v) is 11.6. The van der Waals surface area contributed by atoms with Crippen molar-refractivity contribution in [2.75, 3.05) is 21.9 Å². The lowest BCUT2D eigenvalue weighted by Crippen LogP contribution is -2.33. The Labute approximate surface area is 164 Å². The lowest BCUT2D eigenvalue weighted by Gasteiger charge is -2.28. The summed E-state index contributed by atoms with van der Waals surface area (Å²) in [4.78, 5) is 14.7. The molecule has 0 saturated carbocycles. The van der Waals surface area contributed by atoms with Crippen molar-refractivity contribution in [2.45, 2.75) is 42.4 Å². The van der Waals surface area contributed by atoms with Gasteiger partial charge in [0.2, 0.25) is 5.91 Å². The Morgan fingerprint density at radius 2 is 1.96 bits per heavy atom. The second-order valence-electron chi connectivity index (χ2n) is 6.90. The van der Waals surface area contributed by atoms with Gasteiger partial charge in [-0.2, -0.15) is 0 Å².